The summed E-state index contributed by atoms with van der Waals surface area (Å²) in [7, 11) is -2.75. The van der Waals surface area contributed by atoms with E-state index >= 15 is 0 Å². The zero-order chi connectivity index (χ0) is 8.32. The Morgan fingerprint density at radius 2 is 1.75 bits per heavy atom. The van der Waals surface area contributed by atoms with E-state index in [-0.39, 0.29) is 12.4 Å². The van der Waals surface area contributed by atoms with E-state index in [2.05, 4.69) is 4.90 Å². The number of nitrogens with zero attached hydrogens (tertiary/aromatic N) is 1. The molecule has 0 radical (unpaired) electrons. The fourth-order valence-corrected chi connectivity index (χ4v) is 1.89. The second kappa shape index (κ2) is 5.04. The van der Waals surface area contributed by atoms with Crippen molar-refractivity contribution in [1.82, 2.24) is 4.90 Å². The van der Waals surface area contributed by atoms with E-state index in [1.54, 1.807) is 0 Å². The van der Waals surface area contributed by atoms with Gasteiger partial charge in [-0.25, -0.2) is 8.42 Å². The van der Waals surface area contributed by atoms with Crippen LogP contribution in [0.15, 0.2) is 0 Å². The highest BCUT2D eigenvalue weighted by Gasteiger charge is 2.12. The van der Waals surface area contributed by atoms with Crippen LogP contribution in [0.25, 0.3) is 0 Å². The van der Waals surface area contributed by atoms with Crippen LogP contribution in [0.3, 0.4) is 0 Å². The average Bonchev–Trinajstić information content (AvgIpc) is 2.32. The Kier molecular flexibility index (Phi) is 5.13. The first-order valence-electron chi connectivity index (χ1n) is 3.98. The molecule has 0 bridgehead atoms. The second-order valence-corrected chi connectivity index (χ2v) is 5.44. The topological polar surface area (TPSA) is 37.4 Å². The van der Waals surface area contributed by atoms with Crippen molar-refractivity contribution in [3.63, 3.8) is 0 Å². The summed E-state index contributed by atoms with van der Waals surface area (Å²) in [6, 6.07) is 0. The Bertz CT molecular complexity index is 209. The number of hydrogen-bond donors (Lipinski definition) is 0. The van der Waals surface area contributed by atoms with Gasteiger partial charge in [0.15, 0.2) is 0 Å². The van der Waals surface area contributed by atoms with Gasteiger partial charge in [-0.1, -0.05) is 0 Å². The van der Waals surface area contributed by atoms with Crippen molar-refractivity contribution in [2.24, 2.45) is 0 Å². The molecule has 1 heterocycles. The summed E-state index contributed by atoms with van der Waals surface area (Å²) >= 11 is 0. The SMILES string of the molecule is CS(=O)(=O)CCN1CCCC1.Cl. The summed E-state index contributed by atoms with van der Waals surface area (Å²) in [5.74, 6) is 0.312. The maximum absolute atomic E-state index is 10.8. The third-order valence-corrected chi connectivity index (χ3v) is 2.90. The quantitative estimate of drug-likeness (QED) is 0.687. The summed E-state index contributed by atoms with van der Waals surface area (Å²) in [4.78, 5) is 2.21. The van der Waals surface area contributed by atoms with Gasteiger partial charge in [0.1, 0.15) is 9.84 Å². The molecule has 74 valence electrons. The highest BCUT2D eigenvalue weighted by Crippen LogP contribution is 2.06. The third kappa shape index (κ3) is 4.95. The molecular weight excluding hydrogens is 198 g/mol. The van der Waals surface area contributed by atoms with Crippen molar-refractivity contribution in [2.45, 2.75) is 12.8 Å². The lowest BCUT2D eigenvalue weighted by atomic mass is 10.4. The van der Waals surface area contributed by atoms with E-state index in [0.717, 1.165) is 19.6 Å². The standard InChI is InChI=1S/C7H15NO2S.ClH/c1-11(9,10)7-6-8-4-2-3-5-8;/h2-7H2,1H3;1H. The predicted molar refractivity (Wildman–Crippen MR) is 52.6 cm³/mol. The van der Waals surface area contributed by atoms with Gasteiger partial charge in [-0.2, -0.15) is 0 Å². The van der Waals surface area contributed by atoms with Crippen LogP contribution in [-0.2, 0) is 9.84 Å². The van der Waals surface area contributed by atoms with Gasteiger partial charge in [-0.3, -0.25) is 0 Å². The van der Waals surface area contributed by atoms with Crippen LogP contribution in [-0.4, -0.2) is 45.0 Å². The Balaban J connectivity index is 0.00000121. The maximum Gasteiger partial charge on any atom is 0.148 e. The van der Waals surface area contributed by atoms with Crippen molar-refractivity contribution < 1.29 is 8.42 Å². The molecule has 12 heavy (non-hydrogen) atoms. The number of halogens is 1. The normalized spacial score (nSPS) is 19.1. The largest absolute Gasteiger partial charge is 0.302 e. The van der Waals surface area contributed by atoms with Crippen molar-refractivity contribution in [3.8, 4) is 0 Å². The first-order valence-corrected chi connectivity index (χ1v) is 6.04. The Morgan fingerprint density at radius 1 is 1.25 bits per heavy atom. The van der Waals surface area contributed by atoms with Gasteiger partial charge in [0.05, 0.1) is 5.75 Å². The van der Waals surface area contributed by atoms with Crippen LogP contribution < -0.4 is 0 Å². The van der Waals surface area contributed by atoms with Crippen LogP contribution >= 0.6 is 12.4 Å². The van der Waals surface area contributed by atoms with Gasteiger partial charge in [0.25, 0.3) is 0 Å². The summed E-state index contributed by atoms with van der Waals surface area (Å²) in [5.41, 5.74) is 0. The molecule has 0 atom stereocenters. The molecule has 0 spiro atoms. The molecule has 0 aromatic rings. The Morgan fingerprint density at radius 3 is 2.17 bits per heavy atom. The van der Waals surface area contributed by atoms with Gasteiger partial charge >= 0.3 is 0 Å². The summed E-state index contributed by atoms with van der Waals surface area (Å²) in [6.45, 7) is 2.88. The molecule has 1 fully saturated rings. The maximum atomic E-state index is 10.8. The fraction of sp³-hybridized carbons (Fsp3) is 1.00. The number of sulfone groups is 1. The van der Waals surface area contributed by atoms with Crippen molar-refractivity contribution in [3.05, 3.63) is 0 Å². The van der Waals surface area contributed by atoms with Gasteiger partial charge in [0, 0.05) is 12.8 Å². The molecule has 3 nitrogen and oxygen atoms in total. The minimum absolute atomic E-state index is 0. The van der Waals surface area contributed by atoms with Crippen LogP contribution in [0.4, 0.5) is 0 Å². The van der Waals surface area contributed by atoms with Crippen molar-refractivity contribution in [2.75, 3.05) is 31.6 Å². The summed E-state index contributed by atoms with van der Waals surface area (Å²) in [6.07, 6.45) is 3.75. The first-order chi connectivity index (χ1) is 5.08. The lowest BCUT2D eigenvalue weighted by Gasteiger charge is -2.12. The molecule has 0 N–H and O–H groups in total. The smallest absolute Gasteiger partial charge is 0.148 e. The lowest BCUT2D eigenvalue weighted by Crippen LogP contribution is -2.25. The molecule has 0 amide bonds. The average molecular weight is 214 g/mol. The Hall–Kier alpha value is 0.200. The molecule has 0 aliphatic carbocycles. The Labute approximate surface area is 80.5 Å². The van der Waals surface area contributed by atoms with E-state index in [1.165, 1.54) is 19.1 Å². The highest BCUT2D eigenvalue weighted by atomic mass is 35.5. The number of hydrogen-bond acceptors (Lipinski definition) is 3. The molecule has 0 saturated carbocycles. The lowest BCUT2D eigenvalue weighted by molar-refractivity contribution is 0.359. The first kappa shape index (κ1) is 12.2. The van der Waals surface area contributed by atoms with E-state index in [9.17, 15) is 8.42 Å². The molecule has 0 aromatic heterocycles. The number of rotatable bonds is 3. The molecule has 1 aliphatic rings. The molecule has 1 saturated heterocycles. The fourth-order valence-electron chi connectivity index (χ4n) is 1.30. The minimum Gasteiger partial charge on any atom is -0.302 e. The third-order valence-electron chi connectivity index (χ3n) is 1.98. The van der Waals surface area contributed by atoms with E-state index < -0.39 is 9.84 Å². The summed E-state index contributed by atoms with van der Waals surface area (Å²) in [5, 5.41) is 0. The van der Waals surface area contributed by atoms with Gasteiger partial charge in [-0.15, -0.1) is 12.4 Å². The van der Waals surface area contributed by atoms with E-state index in [4.69, 9.17) is 0 Å². The molecule has 0 aromatic carbocycles. The van der Waals surface area contributed by atoms with Crippen LogP contribution in [0.2, 0.25) is 0 Å². The van der Waals surface area contributed by atoms with Crippen molar-refractivity contribution in [1.29, 1.82) is 0 Å². The summed E-state index contributed by atoms with van der Waals surface area (Å²) < 4.78 is 21.5. The van der Waals surface area contributed by atoms with Crippen molar-refractivity contribution >= 4 is 22.2 Å². The molecule has 1 rings (SSSR count). The molecule has 1 aliphatic heterocycles. The molecule has 0 unspecified atom stereocenters. The van der Waals surface area contributed by atoms with Gasteiger partial charge in [0.2, 0.25) is 0 Å². The van der Waals surface area contributed by atoms with Crippen LogP contribution in [0.1, 0.15) is 12.8 Å². The molecule has 5 heteroatoms. The number of likely N-dealkylation sites (tertiary alicyclic amines) is 1. The monoisotopic (exact) mass is 213 g/mol. The van der Waals surface area contributed by atoms with Crippen LogP contribution in [0.5, 0.6) is 0 Å². The van der Waals surface area contributed by atoms with Gasteiger partial charge in [-0.05, 0) is 25.9 Å². The molecular formula is C7H16ClNO2S. The van der Waals surface area contributed by atoms with E-state index in [0.29, 0.717) is 5.75 Å². The zero-order valence-electron chi connectivity index (χ0n) is 7.32. The minimum atomic E-state index is -2.75. The second-order valence-electron chi connectivity index (χ2n) is 3.18. The van der Waals surface area contributed by atoms with E-state index in [1.807, 2.05) is 0 Å². The van der Waals surface area contributed by atoms with Gasteiger partial charge < -0.3 is 4.90 Å². The van der Waals surface area contributed by atoms with Crippen LogP contribution in [0, 0.1) is 0 Å². The zero-order valence-corrected chi connectivity index (χ0v) is 8.96. The predicted octanol–water partition coefficient (Wildman–Crippen LogP) is 0.549. The highest BCUT2D eigenvalue weighted by molar-refractivity contribution is 7.90.